The molecule has 1 atom stereocenters. The molecule has 2 aromatic heterocycles. The highest BCUT2D eigenvalue weighted by Crippen LogP contribution is 2.40. The average molecular weight is 485 g/mol. The molecule has 0 fully saturated rings. The molecular weight excluding hydrogens is 459 g/mol. The van der Waals surface area contributed by atoms with Crippen LogP contribution in [-0.4, -0.2) is 39.2 Å². The van der Waals surface area contributed by atoms with Crippen molar-refractivity contribution in [3.05, 3.63) is 35.0 Å². The highest BCUT2D eigenvalue weighted by Gasteiger charge is 2.31. The van der Waals surface area contributed by atoms with Gasteiger partial charge in [0.15, 0.2) is 11.6 Å². The molecule has 32 heavy (non-hydrogen) atoms. The molecule has 0 aliphatic rings. The molecule has 1 unspecified atom stereocenters. The molecule has 0 aliphatic carbocycles. The van der Waals surface area contributed by atoms with E-state index in [0.717, 1.165) is 5.52 Å². The number of nitrogens with zero attached hydrogens (tertiary/aromatic N) is 2. The van der Waals surface area contributed by atoms with E-state index in [1.54, 1.807) is 18.2 Å². The standard InChI is InChI=1S/C21H26ClN2O7P/c1-12(2)10-24-17-8-14(22)5-6-16(17)23-20(24)19-18(32(26,27)28)9-15(31-19)7-13(3)11-30-21(25)29-4/h5-6,8-9,12-13H,7,10-11H2,1-4H3,(H2,26,27,28). The van der Waals surface area contributed by atoms with Crippen LogP contribution in [0.2, 0.25) is 5.02 Å². The second-order valence-electron chi connectivity index (χ2n) is 8.12. The molecule has 2 heterocycles. The van der Waals surface area contributed by atoms with Crippen LogP contribution in [-0.2, 0) is 27.0 Å². The first-order valence-corrected chi connectivity index (χ1v) is 12.0. The Balaban J connectivity index is 2.06. The van der Waals surface area contributed by atoms with Gasteiger partial charge in [-0.25, -0.2) is 9.78 Å². The number of imidazole rings is 1. The second kappa shape index (κ2) is 9.67. The van der Waals surface area contributed by atoms with Gasteiger partial charge in [-0.1, -0.05) is 32.4 Å². The van der Waals surface area contributed by atoms with E-state index in [-0.39, 0.29) is 29.5 Å². The number of aromatic nitrogens is 2. The number of benzene rings is 1. The zero-order valence-corrected chi connectivity index (χ0v) is 19.9. The molecular formula is C21H26ClN2O7P. The molecule has 0 saturated heterocycles. The Bertz CT molecular complexity index is 1160. The van der Waals surface area contributed by atoms with Crippen molar-refractivity contribution < 1.29 is 33.0 Å². The maximum Gasteiger partial charge on any atom is 0.507 e. The van der Waals surface area contributed by atoms with Crippen LogP contribution < -0.4 is 5.30 Å². The first kappa shape index (κ1) is 24.3. The molecule has 2 N–H and O–H groups in total. The summed E-state index contributed by atoms with van der Waals surface area (Å²) in [4.78, 5) is 35.8. The van der Waals surface area contributed by atoms with Crippen LogP contribution in [0.4, 0.5) is 4.79 Å². The maximum absolute atomic E-state index is 12.3. The summed E-state index contributed by atoms with van der Waals surface area (Å²) >= 11 is 6.18. The van der Waals surface area contributed by atoms with Gasteiger partial charge in [0, 0.05) is 18.0 Å². The molecule has 0 spiro atoms. The van der Waals surface area contributed by atoms with Crippen molar-refractivity contribution in [2.24, 2.45) is 11.8 Å². The van der Waals surface area contributed by atoms with E-state index >= 15 is 0 Å². The quantitative estimate of drug-likeness (QED) is 0.357. The van der Waals surface area contributed by atoms with Gasteiger partial charge in [-0.2, -0.15) is 0 Å². The van der Waals surface area contributed by atoms with Crippen LogP contribution in [0.15, 0.2) is 28.7 Å². The van der Waals surface area contributed by atoms with Crippen LogP contribution in [0.5, 0.6) is 0 Å². The summed E-state index contributed by atoms with van der Waals surface area (Å²) < 4.78 is 29.5. The van der Waals surface area contributed by atoms with Crippen molar-refractivity contribution in [2.75, 3.05) is 13.7 Å². The molecule has 3 rings (SSSR count). The Labute approximate surface area is 190 Å². The third-order valence-corrected chi connectivity index (χ3v) is 5.94. The summed E-state index contributed by atoms with van der Waals surface area (Å²) in [6, 6.07) is 6.58. The summed E-state index contributed by atoms with van der Waals surface area (Å²) in [6.45, 7) is 6.49. The SMILES string of the molecule is COC(=O)OCC(C)Cc1cc(P(=O)(O)O)c(-c2nc3ccc(Cl)cc3n2CC(C)C)o1. The molecule has 9 nitrogen and oxygen atoms in total. The molecule has 0 saturated carbocycles. The molecule has 0 aliphatic heterocycles. The lowest BCUT2D eigenvalue weighted by atomic mass is 10.1. The fourth-order valence-electron chi connectivity index (χ4n) is 3.40. The van der Waals surface area contributed by atoms with Crippen LogP contribution in [0, 0.1) is 11.8 Å². The number of rotatable bonds is 8. The van der Waals surface area contributed by atoms with E-state index in [0.29, 0.717) is 35.1 Å². The number of carbonyl (C=O) groups is 1. The van der Waals surface area contributed by atoms with Crippen molar-refractivity contribution in [1.29, 1.82) is 0 Å². The Morgan fingerprint density at radius 3 is 2.62 bits per heavy atom. The molecule has 1 aromatic carbocycles. The van der Waals surface area contributed by atoms with Gasteiger partial charge in [0.1, 0.15) is 11.1 Å². The Hall–Kier alpha value is -2.32. The van der Waals surface area contributed by atoms with Gasteiger partial charge in [0.25, 0.3) is 0 Å². The predicted octanol–water partition coefficient (Wildman–Crippen LogP) is 4.37. The minimum atomic E-state index is -4.66. The smallest absolute Gasteiger partial charge is 0.457 e. The number of halogens is 1. The van der Waals surface area contributed by atoms with Crippen molar-refractivity contribution in [1.82, 2.24) is 9.55 Å². The van der Waals surface area contributed by atoms with E-state index in [9.17, 15) is 19.1 Å². The first-order valence-electron chi connectivity index (χ1n) is 10.0. The number of hydrogen-bond donors (Lipinski definition) is 2. The van der Waals surface area contributed by atoms with Crippen molar-refractivity contribution in [2.45, 2.75) is 33.7 Å². The van der Waals surface area contributed by atoms with E-state index in [1.807, 2.05) is 25.3 Å². The van der Waals surface area contributed by atoms with Crippen LogP contribution in [0.1, 0.15) is 26.5 Å². The molecule has 0 bridgehead atoms. The lowest BCUT2D eigenvalue weighted by molar-refractivity contribution is 0.0614. The van der Waals surface area contributed by atoms with Crippen molar-refractivity contribution in [3.8, 4) is 11.6 Å². The second-order valence-corrected chi connectivity index (χ2v) is 10.1. The Morgan fingerprint density at radius 2 is 2.00 bits per heavy atom. The molecule has 0 radical (unpaired) electrons. The monoisotopic (exact) mass is 484 g/mol. The van der Waals surface area contributed by atoms with Gasteiger partial charge in [-0.15, -0.1) is 0 Å². The molecule has 174 valence electrons. The van der Waals surface area contributed by atoms with Gasteiger partial charge in [0.05, 0.1) is 24.8 Å². The molecule has 11 heteroatoms. The topological polar surface area (TPSA) is 124 Å². The zero-order chi connectivity index (χ0) is 23.6. The van der Waals surface area contributed by atoms with Crippen molar-refractivity contribution >= 4 is 41.7 Å². The molecule has 3 aromatic rings. The third kappa shape index (κ3) is 5.53. The van der Waals surface area contributed by atoms with Gasteiger partial charge < -0.3 is 28.2 Å². The van der Waals surface area contributed by atoms with E-state index in [1.165, 1.54) is 13.2 Å². The van der Waals surface area contributed by atoms with Gasteiger partial charge in [0.2, 0.25) is 0 Å². The normalized spacial score (nSPS) is 13.0. The zero-order valence-electron chi connectivity index (χ0n) is 18.2. The summed E-state index contributed by atoms with van der Waals surface area (Å²) in [7, 11) is -3.45. The van der Waals surface area contributed by atoms with Crippen LogP contribution in [0.3, 0.4) is 0 Å². The highest BCUT2D eigenvalue weighted by molar-refractivity contribution is 7.60. The lowest BCUT2D eigenvalue weighted by Gasteiger charge is -2.12. The maximum atomic E-state index is 12.3. The van der Waals surface area contributed by atoms with E-state index < -0.39 is 13.8 Å². The summed E-state index contributed by atoms with van der Waals surface area (Å²) in [6.07, 6.45) is -0.505. The third-order valence-electron chi connectivity index (χ3n) is 4.74. The van der Waals surface area contributed by atoms with Crippen LogP contribution in [0.25, 0.3) is 22.6 Å². The van der Waals surface area contributed by atoms with E-state index in [2.05, 4.69) is 9.72 Å². The number of methoxy groups -OCH3 is 1. The van der Waals surface area contributed by atoms with E-state index in [4.69, 9.17) is 20.8 Å². The number of hydrogen-bond acceptors (Lipinski definition) is 6. The number of ether oxygens (including phenoxy) is 2. The number of furan rings is 1. The highest BCUT2D eigenvalue weighted by atomic mass is 35.5. The molecule has 0 amide bonds. The predicted molar refractivity (Wildman–Crippen MR) is 120 cm³/mol. The van der Waals surface area contributed by atoms with Gasteiger partial charge in [-0.3, -0.25) is 4.57 Å². The number of carbonyl (C=O) groups excluding carboxylic acids is 1. The minimum Gasteiger partial charge on any atom is -0.457 e. The summed E-state index contributed by atoms with van der Waals surface area (Å²) in [5.41, 5.74) is 1.38. The summed E-state index contributed by atoms with van der Waals surface area (Å²) in [5, 5.41) is 0.295. The fourth-order valence-corrected chi connectivity index (χ4v) is 4.29. The summed E-state index contributed by atoms with van der Waals surface area (Å²) in [5.74, 6) is 0.737. The Morgan fingerprint density at radius 1 is 1.28 bits per heavy atom. The Kier molecular flexibility index (Phi) is 7.35. The van der Waals surface area contributed by atoms with Crippen LogP contribution >= 0.6 is 19.2 Å². The number of fused-ring (bicyclic) bond motifs is 1. The largest absolute Gasteiger partial charge is 0.507 e. The van der Waals surface area contributed by atoms with Gasteiger partial charge in [-0.05, 0) is 36.1 Å². The first-order chi connectivity index (χ1) is 15.0. The average Bonchev–Trinajstić information content (AvgIpc) is 3.27. The fraction of sp³-hybridized carbons (Fsp3) is 0.429. The lowest BCUT2D eigenvalue weighted by Crippen LogP contribution is -2.13. The van der Waals surface area contributed by atoms with Gasteiger partial charge >= 0.3 is 13.8 Å². The van der Waals surface area contributed by atoms with Crippen molar-refractivity contribution in [3.63, 3.8) is 0 Å². The minimum absolute atomic E-state index is 0.0161.